The molecule has 0 spiro atoms. The van der Waals surface area contributed by atoms with E-state index in [4.69, 9.17) is 16.3 Å². The summed E-state index contributed by atoms with van der Waals surface area (Å²) in [6.45, 7) is 0.328. The second kappa shape index (κ2) is 13.8. The first-order valence-electron chi connectivity index (χ1n) is 15.4. The molecule has 4 N–H and O–H groups in total. The summed E-state index contributed by atoms with van der Waals surface area (Å²) in [6, 6.07) is 4.24. The molecule has 0 bridgehead atoms. The van der Waals surface area contributed by atoms with Crippen LogP contribution in [0.5, 0.6) is 0 Å². The van der Waals surface area contributed by atoms with Crippen LogP contribution in [0.4, 0.5) is 10.5 Å². The molecule has 0 unspecified atom stereocenters. The van der Waals surface area contributed by atoms with Gasteiger partial charge in [-0.25, -0.2) is 9.52 Å². The van der Waals surface area contributed by atoms with Crippen molar-refractivity contribution in [3.8, 4) is 0 Å². The maximum atomic E-state index is 13.8. The van der Waals surface area contributed by atoms with Crippen LogP contribution in [0.3, 0.4) is 0 Å². The van der Waals surface area contributed by atoms with Crippen molar-refractivity contribution in [2.24, 2.45) is 5.92 Å². The lowest BCUT2D eigenvalue weighted by Crippen LogP contribution is -2.58. The third-order valence-corrected chi connectivity index (χ3v) is 10.0. The number of allylic oxidation sites excluding steroid dienone is 1. The lowest BCUT2D eigenvalue weighted by molar-refractivity contribution is -0.141. The molecule has 2 aliphatic carbocycles. The smallest absolute Gasteiger partial charge is 0.408 e. The number of amides is 4. The van der Waals surface area contributed by atoms with E-state index in [2.05, 4.69) is 20.1 Å². The number of benzene rings is 1. The van der Waals surface area contributed by atoms with Crippen LogP contribution >= 0.6 is 11.6 Å². The first kappa shape index (κ1) is 32.1. The number of anilines is 1. The molecule has 14 heteroatoms. The molecular formula is C30H40ClN5O7S. The number of nitrogens with one attached hydrogen (secondary N) is 4. The summed E-state index contributed by atoms with van der Waals surface area (Å²) >= 11 is 5.88. The number of alkyl carbamates (subject to hydrolysis) is 1. The Labute approximate surface area is 262 Å². The van der Waals surface area contributed by atoms with E-state index in [0.717, 1.165) is 38.5 Å². The average Bonchev–Trinajstić information content (AvgIpc) is 3.31. The maximum Gasteiger partial charge on any atom is 0.408 e. The minimum Gasteiger partial charge on any atom is -0.446 e. The third kappa shape index (κ3) is 7.84. The first-order valence-corrected chi connectivity index (χ1v) is 17.3. The Morgan fingerprint density at radius 3 is 2.45 bits per heavy atom. The van der Waals surface area contributed by atoms with E-state index >= 15 is 0 Å². The van der Waals surface area contributed by atoms with Gasteiger partial charge in [0.15, 0.2) is 0 Å². The lowest BCUT2D eigenvalue weighted by Gasteiger charge is -2.30. The van der Waals surface area contributed by atoms with Gasteiger partial charge in [0.2, 0.25) is 11.8 Å². The normalized spacial score (nSPS) is 28.8. The number of rotatable bonds is 6. The van der Waals surface area contributed by atoms with Gasteiger partial charge in [0.25, 0.3) is 5.91 Å². The summed E-state index contributed by atoms with van der Waals surface area (Å²) in [5.74, 6) is -2.17. The fraction of sp³-hybridized carbons (Fsp3) is 0.600. The minimum absolute atomic E-state index is 0.150. The van der Waals surface area contributed by atoms with Gasteiger partial charge in [0.05, 0.1) is 5.69 Å². The first-order chi connectivity index (χ1) is 21.1. The van der Waals surface area contributed by atoms with E-state index in [1.54, 1.807) is 0 Å². The maximum absolute atomic E-state index is 13.8. The highest BCUT2D eigenvalue weighted by molar-refractivity contribution is 7.91. The number of hydrogen-bond donors (Lipinski definition) is 4. The second-order valence-corrected chi connectivity index (χ2v) is 13.9. The molecule has 4 aliphatic rings. The molecule has 2 saturated carbocycles. The molecular weight excluding hydrogens is 610 g/mol. The highest BCUT2D eigenvalue weighted by atomic mass is 35.5. The minimum atomic E-state index is -4.33. The largest absolute Gasteiger partial charge is 0.446 e. The summed E-state index contributed by atoms with van der Waals surface area (Å²) in [5.41, 5.74) is -1.27. The van der Waals surface area contributed by atoms with Crippen LogP contribution in [0.25, 0.3) is 0 Å². The van der Waals surface area contributed by atoms with Crippen LogP contribution in [0.15, 0.2) is 36.4 Å². The van der Waals surface area contributed by atoms with Crippen molar-refractivity contribution in [3.63, 3.8) is 0 Å². The molecule has 1 saturated heterocycles. The van der Waals surface area contributed by atoms with Gasteiger partial charge in [-0.3, -0.25) is 19.1 Å². The van der Waals surface area contributed by atoms with Gasteiger partial charge in [-0.05, 0) is 88.5 Å². The predicted octanol–water partition coefficient (Wildman–Crippen LogP) is 3.54. The van der Waals surface area contributed by atoms with Crippen molar-refractivity contribution in [1.82, 2.24) is 20.3 Å². The van der Waals surface area contributed by atoms with E-state index in [1.165, 1.54) is 29.2 Å². The molecule has 240 valence electrons. The number of nitrogens with zero attached hydrogens (tertiary/aromatic N) is 1. The quantitative estimate of drug-likeness (QED) is 0.343. The van der Waals surface area contributed by atoms with Crippen LogP contribution in [0.1, 0.15) is 77.0 Å². The van der Waals surface area contributed by atoms with Gasteiger partial charge < -0.3 is 20.3 Å². The lowest BCUT2D eigenvalue weighted by atomic mass is 10.1. The zero-order chi connectivity index (χ0) is 31.3. The molecule has 4 atom stereocenters. The topological polar surface area (TPSA) is 163 Å². The van der Waals surface area contributed by atoms with Crippen LogP contribution in [-0.2, 0) is 29.3 Å². The molecule has 2 aliphatic heterocycles. The van der Waals surface area contributed by atoms with E-state index in [0.29, 0.717) is 43.7 Å². The summed E-state index contributed by atoms with van der Waals surface area (Å²) in [7, 11) is -4.33. The fourth-order valence-corrected chi connectivity index (χ4v) is 7.39. The summed E-state index contributed by atoms with van der Waals surface area (Å²) in [6.07, 6.45) is 11.3. The van der Waals surface area contributed by atoms with Crippen molar-refractivity contribution < 1.29 is 32.3 Å². The van der Waals surface area contributed by atoms with E-state index in [-0.39, 0.29) is 24.1 Å². The van der Waals surface area contributed by atoms with Gasteiger partial charge in [0.1, 0.15) is 23.7 Å². The summed E-state index contributed by atoms with van der Waals surface area (Å²) in [5, 5.41) is 6.00. The molecule has 2 heterocycles. The highest BCUT2D eigenvalue weighted by Crippen LogP contribution is 2.45. The van der Waals surface area contributed by atoms with E-state index in [9.17, 15) is 27.6 Å². The standard InChI is InChI=1S/C30H40ClN5O7S/c31-21-14-16-22(17-15-21)34-44(41,42)35-28(39)30-19-20(30)9-4-2-1-3-5-12-24(32-29(40)43-23-10-6-7-11-23)27(38)36-18-8-13-25(36)26(37)33-30/h4,9,14-17,20,23-25,34H,1-3,5-8,10-13,18-19H2,(H,32,40)(H,33,37)(H,35,39)/b9-4-/t20-,24+,25+,30-/m1/s1. The zero-order valence-electron chi connectivity index (χ0n) is 24.6. The molecule has 12 nitrogen and oxygen atoms in total. The van der Waals surface area contributed by atoms with E-state index < -0.39 is 51.7 Å². The second-order valence-electron chi connectivity index (χ2n) is 12.1. The number of hydrogen-bond acceptors (Lipinski definition) is 7. The molecule has 1 aromatic carbocycles. The Kier molecular flexibility index (Phi) is 10.0. The molecule has 4 amide bonds. The van der Waals surface area contributed by atoms with Crippen molar-refractivity contribution >= 4 is 51.3 Å². The monoisotopic (exact) mass is 649 g/mol. The van der Waals surface area contributed by atoms with Crippen LogP contribution in [0.2, 0.25) is 5.02 Å². The zero-order valence-corrected chi connectivity index (χ0v) is 26.1. The van der Waals surface area contributed by atoms with Crippen molar-refractivity contribution in [2.45, 2.75) is 101 Å². The number of carbonyl (C=O) groups excluding carboxylic acids is 4. The SMILES string of the molecule is O=C(N[C@H]1CCCCC/C=C\[C@@H]2C[C@@]2(C(=O)NS(=O)(=O)Nc2ccc(Cl)cc2)NC(=O)[C@@H]2CCCN2C1=O)OC1CCCC1. The third-order valence-electron chi connectivity index (χ3n) is 8.83. The van der Waals surface area contributed by atoms with Crippen LogP contribution < -0.4 is 20.1 Å². The molecule has 0 aromatic heterocycles. The Bertz CT molecular complexity index is 1380. The van der Waals surface area contributed by atoms with Gasteiger partial charge in [-0.2, -0.15) is 8.42 Å². The van der Waals surface area contributed by atoms with Gasteiger partial charge >= 0.3 is 16.3 Å². The molecule has 1 aromatic rings. The molecule has 5 rings (SSSR count). The van der Waals surface area contributed by atoms with Crippen molar-refractivity contribution in [2.75, 3.05) is 11.3 Å². The molecule has 0 radical (unpaired) electrons. The van der Waals surface area contributed by atoms with E-state index in [1.807, 2.05) is 12.2 Å². The van der Waals surface area contributed by atoms with Crippen LogP contribution in [0, 0.1) is 5.92 Å². The summed E-state index contributed by atoms with van der Waals surface area (Å²) < 4.78 is 35.6. The Morgan fingerprint density at radius 1 is 0.977 bits per heavy atom. The van der Waals surface area contributed by atoms with Gasteiger partial charge in [-0.1, -0.05) is 36.6 Å². The fourth-order valence-electron chi connectivity index (χ4n) is 6.34. The Hall–Kier alpha value is -3.32. The number of halogens is 1. The predicted molar refractivity (Wildman–Crippen MR) is 164 cm³/mol. The number of ether oxygens (including phenoxy) is 1. The highest BCUT2D eigenvalue weighted by Gasteiger charge is 2.61. The Morgan fingerprint density at radius 2 is 1.70 bits per heavy atom. The van der Waals surface area contributed by atoms with Gasteiger partial charge in [0, 0.05) is 17.5 Å². The van der Waals surface area contributed by atoms with Crippen molar-refractivity contribution in [1.29, 1.82) is 0 Å². The van der Waals surface area contributed by atoms with Crippen molar-refractivity contribution in [3.05, 3.63) is 41.4 Å². The van der Waals surface area contributed by atoms with Gasteiger partial charge in [-0.15, -0.1) is 0 Å². The number of carbonyl (C=O) groups is 4. The summed E-state index contributed by atoms with van der Waals surface area (Å²) in [4.78, 5) is 55.1. The average molecular weight is 650 g/mol. The number of fused-ring (bicyclic) bond motifs is 2. The Balaban J connectivity index is 1.31. The van der Waals surface area contributed by atoms with Crippen LogP contribution in [-0.4, -0.2) is 67.4 Å². The molecule has 44 heavy (non-hydrogen) atoms. The molecule has 3 fully saturated rings.